The molecule has 0 amide bonds. The van der Waals surface area contributed by atoms with Gasteiger partial charge in [-0.3, -0.25) is 0 Å². The third-order valence-electron chi connectivity index (χ3n) is 5.85. The van der Waals surface area contributed by atoms with Gasteiger partial charge in [-0.05, 0) is 69.4 Å². The molecule has 135 valence electrons. The van der Waals surface area contributed by atoms with Crippen LogP contribution in [-0.4, -0.2) is 12.2 Å². The van der Waals surface area contributed by atoms with Crippen LogP contribution in [0.3, 0.4) is 0 Å². The van der Waals surface area contributed by atoms with Gasteiger partial charge in [-0.2, -0.15) is 0 Å². The summed E-state index contributed by atoms with van der Waals surface area (Å²) in [6, 6.07) is 0. The van der Waals surface area contributed by atoms with Crippen LogP contribution in [0.4, 0.5) is 0 Å². The normalized spacial score (nSPS) is 36.1. The standard InChI is InChI=1S/C10H18O.C9H16O.HI.V/c1-6-7(2)9(4)11-10(5)8(6)3;1-6-5-10-9(4)8(3)7(6)2;;/h6-7,9H,1-5H3;5,7-9H,1-4H3;1H;. The molecule has 0 aliphatic carbocycles. The Balaban J connectivity index is 0. The van der Waals surface area contributed by atoms with E-state index in [0.717, 1.165) is 5.76 Å². The van der Waals surface area contributed by atoms with Crippen molar-refractivity contribution in [1.29, 1.82) is 0 Å². The average Bonchev–Trinajstić information content (AvgIpc) is 2.45. The van der Waals surface area contributed by atoms with Crippen LogP contribution in [0.1, 0.15) is 62.3 Å². The molecule has 0 saturated heterocycles. The van der Waals surface area contributed by atoms with Crippen LogP contribution in [0.25, 0.3) is 0 Å². The van der Waals surface area contributed by atoms with Crippen LogP contribution < -0.4 is 0 Å². The molecule has 2 nitrogen and oxygen atoms in total. The molecule has 0 aromatic heterocycles. The van der Waals surface area contributed by atoms with Gasteiger partial charge in [-0.1, -0.05) is 27.7 Å². The minimum atomic E-state index is 0. The molecule has 4 heteroatoms. The summed E-state index contributed by atoms with van der Waals surface area (Å²) in [7, 11) is 0. The zero-order valence-corrected chi connectivity index (χ0v) is 19.9. The van der Waals surface area contributed by atoms with Gasteiger partial charge in [0.05, 0.1) is 24.2 Å². The SMILES string of the molecule is CC1=C(C)C(C)C(C)C(C)O1.CC1=COC(C)C(C)C1C.I.[V]. The Bertz CT molecular complexity index is 420. The van der Waals surface area contributed by atoms with Gasteiger partial charge in [-0.25, -0.2) is 0 Å². The van der Waals surface area contributed by atoms with Crippen molar-refractivity contribution >= 4 is 24.0 Å². The van der Waals surface area contributed by atoms with E-state index in [1.807, 2.05) is 6.26 Å². The van der Waals surface area contributed by atoms with Gasteiger partial charge in [0.15, 0.2) is 0 Å². The second-order valence-corrected chi connectivity index (χ2v) is 7.06. The fourth-order valence-corrected chi connectivity index (χ4v) is 2.87. The molecule has 23 heavy (non-hydrogen) atoms. The van der Waals surface area contributed by atoms with E-state index in [4.69, 9.17) is 9.47 Å². The largest absolute Gasteiger partial charge is 0.498 e. The molecule has 0 N–H and O–H groups in total. The summed E-state index contributed by atoms with van der Waals surface area (Å²) in [6.45, 7) is 19.7. The molecular weight excluding hydrogens is 438 g/mol. The van der Waals surface area contributed by atoms with Crippen LogP contribution in [-0.2, 0) is 28.0 Å². The van der Waals surface area contributed by atoms with Gasteiger partial charge in [0.25, 0.3) is 0 Å². The molecule has 2 heterocycles. The molecule has 2 aliphatic heterocycles. The Morgan fingerprint density at radius 1 is 0.783 bits per heavy atom. The molecule has 0 spiro atoms. The summed E-state index contributed by atoms with van der Waals surface area (Å²) < 4.78 is 11.1. The van der Waals surface area contributed by atoms with Gasteiger partial charge in [0, 0.05) is 18.6 Å². The van der Waals surface area contributed by atoms with Crippen LogP contribution in [0.2, 0.25) is 0 Å². The van der Waals surface area contributed by atoms with Crippen LogP contribution in [0, 0.1) is 23.7 Å². The minimum absolute atomic E-state index is 0. The van der Waals surface area contributed by atoms with E-state index in [2.05, 4.69) is 62.3 Å². The number of hydrogen-bond donors (Lipinski definition) is 0. The summed E-state index contributed by atoms with van der Waals surface area (Å²) in [5, 5.41) is 0. The first-order chi connectivity index (χ1) is 9.66. The molecule has 2 rings (SSSR count). The smallest absolute Gasteiger partial charge is 0.0985 e. The van der Waals surface area contributed by atoms with Crippen molar-refractivity contribution in [3.63, 3.8) is 0 Å². The van der Waals surface area contributed by atoms with E-state index in [-0.39, 0.29) is 42.5 Å². The van der Waals surface area contributed by atoms with E-state index < -0.39 is 0 Å². The quantitative estimate of drug-likeness (QED) is 0.392. The Hall–Kier alpha value is 0.394. The number of halogens is 1. The van der Waals surface area contributed by atoms with E-state index in [1.165, 1.54) is 11.1 Å². The zero-order chi connectivity index (χ0) is 16.3. The predicted octanol–water partition coefficient (Wildman–Crippen LogP) is 6.17. The fraction of sp³-hybridized carbons (Fsp3) is 0.789. The van der Waals surface area contributed by atoms with E-state index in [9.17, 15) is 0 Å². The summed E-state index contributed by atoms with van der Waals surface area (Å²) in [5.74, 6) is 3.80. The van der Waals surface area contributed by atoms with Gasteiger partial charge in [-0.15, -0.1) is 24.0 Å². The van der Waals surface area contributed by atoms with Crippen molar-refractivity contribution in [3.05, 3.63) is 23.2 Å². The number of allylic oxidation sites excluding steroid dienone is 3. The van der Waals surface area contributed by atoms with Crippen molar-refractivity contribution in [1.82, 2.24) is 0 Å². The molecule has 2 aliphatic rings. The molecule has 0 aromatic rings. The van der Waals surface area contributed by atoms with Gasteiger partial charge < -0.3 is 9.47 Å². The second kappa shape index (κ2) is 11.1. The van der Waals surface area contributed by atoms with Crippen molar-refractivity contribution < 1.29 is 28.0 Å². The fourth-order valence-electron chi connectivity index (χ4n) is 2.87. The second-order valence-electron chi connectivity index (χ2n) is 7.06. The molecule has 0 bridgehead atoms. The summed E-state index contributed by atoms with van der Waals surface area (Å²) in [5.41, 5.74) is 2.78. The first-order valence-corrected chi connectivity index (χ1v) is 8.32. The van der Waals surface area contributed by atoms with Crippen LogP contribution in [0.5, 0.6) is 0 Å². The van der Waals surface area contributed by atoms with Crippen molar-refractivity contribution in [2.24, 2.45) is 23.7 Å². The van der Waals surface area contributed by atoms with E-state index >= 15 is 0 Å². The van der Waals surface area contributed by atoms with Crippen molar-refractivity contribution in [2.45, 2.75) is 74.5 Å². The van der Waals surface area contributed by atoms with Crippen molar-refractivity contribution in [3.8, 4) is 0 Å². The number of hydrogen-bond acceptors (Lipinski definition) is 2. The summed E-state index contributed by atoms with van der Waals surface area (Å²) >= 11 is 0. The van der Waals surface area contributed by atoms with Crippen LogP contribution in [0.15, 0.2) is 23.2 Å². The molecule has 1 radical (unpaired) electrons. The molecular formula is C19H35IO2V. The molecule has 6 unspecified atom stereocenters. The number of rotatable bonds is 0. The van der Waals surface area contributed by atoms with E-state index in [1.54, 1.807) is 0 Å². The minimum Gasteiger partial charge on any atom is -0.498 e. The maximum Gasteiger partial charge on any atom is 0.0985 e. The maximum absolute atomic E-state index is 5.66. The van der Waals surface area contributed by atoms with Crippen LogP contribution >= 0.6 is 24.0 Å². The molecule has 0 fully saturated rings. The maximum atomic E-state index is 5.66. The zero-order valence-electron chi connectivity index (χ0n) is 16.2. The Labute approximate surface area is 172 Å². The predicted molar refractivity (Wildman–Crippen MR) is 105 cm³/mol. The Morgan fingerprint density at radius 3 is 1.74 bits per heavy atom. The number of ether oxygens (including phenoxy) is 2. The molecule has 0 saturated carbocycles. The third-order valence-corrected chi connectivity index (χ3v) is 5.85. The van der Waals surface area contributed by atoms with Crippen molar-refractivity contribution in [2.75, 3.05) is 0 Å². The molecule has 0 aromatic carbocycles. The van der Waals surface area contributed by atoms with E-state index in [0.29, 0.717) is 35.9 Å². The average molecular weight is 473 g/mol. The first kappa shape index (κ1) is 25.6. The monoisotopic (exact) mass is 473 g/mol. The first-order valence-electron chi connectivity index (χ1n) is 8.32. The summed E-state index contributed by atoms with van der Waals surface area (Å²) in [4.78, 5) is 0. The van der Waals surface area contributed by atoms with Gasteiger partial charge in [0.2, 0.25) is 0 Å². The van der Waals surface area contributed by atoms with Gasteiger partial charge in [0.1, 0.15) is 0 Å². The van der Waals surface area contributed by atoms with Gasteiger partial charge >= 0.3 is 0 Å². The third kappa shape index (κ3) is 6.66. The summed E-state index contributed by atoms with van der Waals surface area (Å²) in [6.07, 6.45) is 2.67. The Morgan fingerprint density at radius 2 is 1.26 bits per heavy atom. The Kier molecular flexibility index (Phi) is 12.4. The molecule has 6 atom stereocenters. The topological polar surface area (TPSA) is 18.5 Å².